The van der Waals surface area contributed by atoms with Crippen molar-refractivity contribution < 1.29 is 13.2 Å². The van der Waals surface area contributed by atoms with Crippen molar-refractivity contribution in [1.82, 2.24) is 10.2 Å². The lowest BCUT2D eigenvalue weighted by Gasteiger charge is -2.31. The molecule has 0 unspecified atom stereocenters. The fourth-order valence-electron chi connectivity index (χ4n) is 3.35. The highest BCUT2D eigenvalue weighted by Crippen LogP contribution is 2.23. The van der Waals surface area contributed by atoms with Gasteiger partial charge in [-0.3, -0.25) is 9.69 Å². The van der Waals surface area contributed by atoms with Gasteiger partial charge < -0.3 is 5.32 Å². The molecule has 0 aliphatic carbocycles. The Morgan fingerprint density at radius 2 is 2.04 bits per heavy atom. The van der Waals surface area contributed by atoms with Crippen LogP contribution in [0.5, 0.6) is 0 Å². The van der Waals surface area contributed by atoms with E-state index in [9.17, 15) is 13.2 Å². The minimum atomic E-state index is -2.97. The Bertz CT molecular complexity index is 728. The molecule has 2 aliphatic rings. The van der Waals surface area contributed by atoms with Crippen LogP contribution in [0.2, 0.25) is 0 Å². The molecule has 0 aromatic heterocycles. The lowest BCUT2D eigenvalue weighted by atomic mass is 9.99. The van der Waals surface area contributed by atoms with E-state index in [0.717, 1.165) is 19.5 Å². The monoisotopic (exact) mass is 348 g/mol. The van der Waals surface area contributed by atoms with Crippen LogP contribution >= 0.6 is 0 Å². The summed E-state index contributed by atoms with van der Waals surface area (Å²) in [5.74, 6) is 0.177. The molecule has 1 amide bonds. The summed E-state index contributed by atoms with van der Waals surface area (Å²) in [4.78, 5) is 14.5. The van der Waals surface area contributed by atoms with Gasteiger partial charge in [0.15, 0.2) is 9.84 Å². The van der Waals surface area contributed by atoms with Gasteiger partial charge in [-0.05, 0) is 30.9 Å². The van der Waals surface area contributed by atoms with Crippen molar-refractivity contribution in [2.75, 3.05) is 24.6 Å². The summed E-state index contributed by atoms with van der Waals surface area (Å²) in [6, 6.07) is 9.82. The van der Waals surface area contributed by atoms with E-state index in [2.05, 4.69) is 28.4 Å². The molecule has 2 aliphatic heterocycles. The number of benzene rings is 1. The lowest BCUT2D eigenvalue weighted by Crippen LogP contribution is -2.49. The number of carbonyl (C=O) groups excluding carboxylic acids is 1. The summed E-state index contributed by atoms with van der Waals surface area (Å²) in [7, 11) is -2.97. The molecule has 0 spiro atoms. The van der Waals surface area contributed by atoms with Gasteiger partial charge in [0.1, 0.15) is 0 Å². The highest BCUT2D eigenvalue weighted by atomic mass is 32.2. The number of carbonyl (C=O) groups is 1. The van der Waals surface area contributed by atoms with Gasteiger partial charge in [-0.1, -0.05) is 36.4 Å². The Kier molecular flexibility index (Phi) is 5.06. The fraction of sp³-hybridized carbons (Fsp3) is 0.500. The van der Waals surface area contributed by atoms with E-state index >= 15 is 0 Å². The first-order valence-corrected chi connectivity index (χ1v) is 10.3. The van der Waals surface area contributed by atoms with Crippen LogP contribution in [0.4, 0.5) is 0 Å². The van der Waals surface area contributed by atoms with Crippen LogP contribution in [0.25, 0.3) is 5.57 Å². The molecule has 1 saturated heterocycles. The van der Waals surface area contributed by atoms with Crippen LogP contribution in [0, 0.1) is 0 Å². The standard InChI is InChI=1S/C18H24N2O3S/c1-14(18(21)19-17-9-12-24(22,23)13-17)20-10-7-16(8-11-20)15-5-3-2-4-6-15/h2-7,14,17H,8-13H2,1H3,(H,19,21)/t14-,17-/m1/s1. The van der Waals surface area contributed by atoms with Gasteiger partial charge in [0.2, 0.25) is 5.91 Å². The van der Waals surface area contributed by atoms with E-state index in [-0.39, 0.29) is 29.5 Å². The van der Waals surface area contributed by atoms with Gasteiger partial charge in [-0.25, -0.2) is 8.42 Å². The number of amides is 1. The highest BCUT2D eigenvalue weighted by Gasteiger charge is 2.31. The van der Waals surface area contributed by atoms with E-state index in [1.807, 2.05) is 25.1 Å². The van der Waals surface area contributed by atoms with Gasteiger partial charge in [-0.15, -0.1) is 0 Å². The summed E-state index contributed by atoms with van der Waals surface area (Å²) >= 11 is 0. The second-order valence-electron chi connectivity index (χ2n) is 6.62. The van der Waals surface area contributed by atoms with Crippen molar-refractivity contribution in [3.05, 3.63) is 42.0 Å². The Hall–Kier alpha value is -1.66. The highest BCUT2D eigenvalue weighted by molar-refractivity contribution is 7.91. The third kappa shape index (κ3) is 4.05. The van der Waals surface area contributed by atoms with Crippen molar-refractivity contribution in [3.8, 4) is 0 Å². The number of hydrogen-bond donors (Lipinski definition) is 1. The van der Waals surface area contributed by atoms with Crippen LogP contribution in [0.3, 0.4) is 0 Å². The van der Waals surface area contributed by atoms with Gasteiger partial charge >= 0.3 is 0 Å². The number of nitrogens with zero attached hydrogens (tertiary/aromatic N) is 1. The van der Waals surface area contributed by atoms with Crippen LogP contribution in [0.1, 0.15) is 25.3 Å². The van der Waals surface area contributed by atoms with Gasteiger partial charge in [0.25, 0.3) is 0 Å². The summed E-state index contributed by atoms with van der Waals surface area (Å²) in [5, 5.41) is 2.89. The molecule has 130 valence electrons. The fourth-order valence-corrected chi connectivity index (χ4v) is 5.02. The molecular weight excluding hydrogens is 324 g/mol. The molecule has 5 nitrogen and oxygen atoms in total. The molecular formula is C18H24N2O3S. The molecule has 1 fully saturated rings. The molecule has 1 N–H and O–H groups in total. The van der Waals surface area contributed by atoms with Crippen molar-refractivity contribution in [1.29, 1.82) is 0 Å². The summed E-state index contributed by atoms with van der Waals surface area (Å²) in [6.45, 7) is 3.46. The van der Waals surface area contributed by atoms with Gasteiger partial charge in [-0.2, -0.15) is 0 Å². The number of sulfone groups is 1. The van der Waals surface area contributed by atoms with Gasteiger partial charge in [0, 0.05) is 19.1 Å². The lowest BCUT2D eigenvalue weighted by molar-refractivity contribution is -0.126. The minimum Gasteiger partial charge on any atom is -0.351 e. The summed E-state index contributed by atoms with van der Waals surface area (Å²) < 4.78 is 23.0. The maximum atomic E-state index is 12.4. The topological polar surface area (TPSA) is 66.5 Å². The van der Waals surface area contributed by atoms with Crippen molar-refractivity contribution in [2.24, 2.45) is 0 Å². The predicted molar refractivity (Wildman–Crippen MR) is 95.3 cm³/mol. The quantitative estimate of drug-likeness (QED) is 0.895. The minimum absolute atomic E-state index is 0.0729. The Balaban J connectivity index is 1.56. The average molecular weight is 348 g/mol. The van der Waals surface area contributed by atoms with E-state index in [4.69, 9.17) is 0 Å². The van der Waals surface area contributed by atoms with Crippen molar-refractivity contribution in [2.45, 2.75) is 31.8 Å². The maximum absolute atomic E-state index is 12.4. The molecule has 6 heteroatoms. The van der Waals surface area contributed by atoms with E-state index in [1.165, 1.54) is 11.1 Å². The van der Waals surface area contributed by atoms with Crippen LogP contribution < -0.4 is 5.32 Å². The molecule has 0 saturated carbocycles. The molecule has 3 rings (SSSR count). The van der Waals surface area contributed by atoms with E-state index < -0.39 is 9.84 Å². The Morgan fingerprint density at radius 1 is 1.29 bits per heavy atom. The van der Waals surface area contributed by atoms with Crippen LogP contribution in [0.15, 0.2) is 36.4 Å². The number of rotatable bonds is 4. The Morgan fingerprint density at radius 3 is 2.62 bits per heavy atom. The van der Waals surface area contributed by atoms with E-state index in [0.29, 0.717) is 6.42 Å². The Labute approximate surface area is 143 Å². The molecule has 2 heterocycles. The predicted octanol–water partition coefficient (Wildman–Crippen LogP) is 1.47. The molecule has 1 aromatic carbocycles. The largest absolute Gasteiger partial charge is 0.351 e. The first kappa shape index (κ1) is 17.2. The molecule has 24 heavy (non-hydrogen) atoms. The first-order valence-electron chi connectivity index (χ1n) is 8.44. The summed E-state index contributed by atoms with van der Waals surface area (Å²) in [5.41, 5.74) is 2.56. The summed E-state index contributed by atoms with van der Waals surface area (Å²) in [6.07, 6.45) is 3.63. The maximum Gasteiger partial charge on any atom is 0.237 e. The zero-order chi connectivity index (χ0) is 17.2. The van der Waals surface area contributed by atoms with Crippen molar-refractivity contribution in [3.63, 3.8) is 0 Å². The molecule has 0 radical (unpaired) electrons. The zero-order valence-corrected chi connectivity index (χ0v) is 14.8. The SMILES string of the molecule is C[C@H](C(=O)N[C@@H]1CCS(=O)(=O)C1)N1CC=C(c2ccccc2)CC1. The normalized spacial score (nSPS) is 25.0. The smallest absolute Gasteiger partial charge is 0.237 e. The van der Waals surface area contributed by atoms with Gasteiger partial charge in [0.05, 0.1) is 17.5 Å². The van der Waals surface area contributed by atoms with Crippen molar-refractivity contribution >= 4 is 21.3 Å². The van der Waals surface area contributed by atoms with Crippen LogP contribution in [-0.4, -0.2) is 55.9 Å². The number of hydrogen-bond acceptors (Lipinski definition) is 4. The third-order valence-corrected chi connectivity index (χ3v) is 6.66. The van der Waals surface area contributed by atoms with Crippen LogP contribution in [-0.2, 0) is 14.6 Å². The number of nitrogens with one attached hydrogen (secondary N) is 1. The first-order chi connectivity index (χ1) is 11.4. The molecule has 0 bridgehead atoms. The zero-order valence-electron chi connectivity index (χ0n) is 13.9. The second kappa shape index (κ2) is 7.07. The third-order valence-electron chi connectivity index (χ3n) is 4.89. The molecule has 1 aromatic rings. The second-order valence-corrected chi connectivity index (χ2v) is 8.85. The molecule has 2 atom stereocenters. The van der Waals surface area contributed by atoms with E-state index in [1.54, 1.807) is 0 Å². The average Bonchev–Trinajstić information content (AvgIpc) is 2.93.